The zero-order chi connectivity index (χ0) is 14.7. The van der Waals surface area contributed by atoms with E-state index in [0.29, 0.717) is 18.5 Å². The van der Waals surface area contributed by atoms with Crippen molar-refractivity contribution < 1.29 is 0 Å². The summed E-state index contributed by atoms with van der Waals surface area (Å²) in [6.45, 7) is 2.99. The fraction of sp³-hybridized carbons (Fsp3) is 0.500. The largest absolute Gasteiger partial charge is 0.322 e. The van der Waals surface area contributed by atoms with Crippen molar-refractivity contribution in [2.45, 2.75) is 51.6 Å². The number of hydrogen-bond donors (Lipinski definition) is 2. The topological polar surface area (TPSA) is 44.9 Å². The number of hydrogen-bond acceptors (Lipinski definition) is 2. The molecular weight excluding hydrogens is 260 g/mol. The average molecular weight is 284 g/mol. The van der Waals surface area contributed by atoms with E-state index in [1.54, 1.807) is 0 Å². The van der Waals surface area contributed by atoms with Crippen LogP contribution in [0.1, 0.15) is 44.6 Å². The van der Waals surface area contributed by atoms with Crippen LogP contribution >= 0.6 is 0 Å². The number of aromatic amines is 1. The molecule has 3 nitrogen and oxygen atoms in total. The van der Waals surface area contributed by atoms with E-state index < -0.39 is 0 Å². The first-order chi connectivity index (χ1) is 10.2. The van der Waals surface area contributed by atoms with E-state index in [1.807, 2.05) is 30.3 Å². The van der Waals surface area contributed by atoms with Crippen molar-refractivity contribution >= 4 is 10.9 Å². The van der Waals surface area contributed by atoms with Crippen molar-refractivity contribution in [2.24, 2.45) is 5.92 Å². The fourth-order valence-electron chi connectivity index (χ4n) is 3.36. The summed E-state index contributed by atoms with van der Waals surface area (Å²) in [6, 6.07) is 10.5. The molecule has 0 amide bonds. The number of nitrogens with one attached hydrogen (secondary N) is 2. The molecule has 0 aliphatic heterocycles. The van der Waals surface area contributed by atoms with Gasteiger partial charge < -0.3 is 10.3 Å². The van der Waals surface area contributed by atoms with Gasteiger partial charge in [0.15, 0.2) is 0 Å². The molecular formula is C18H24N2O. The lowest BCUT2D eigenvalue weighted by molar-refractivity contribution is 0.355. The van der Waals surface area contributed by atoms with Gasteiger partial charge in [0.25, 0.3) is 5.56 Å². The van der Waals surface area contributed by atoms with Crippen molar-refractivity contribution in [1.29, 1.82) is 0 Å². The maximum absolute atomic E-state index is 12.2. The minimum atomic E-state index is 0.0301. The molecule has 1 fully saturated rings. The molecule has 3 rings (SSSR count). The Hall–Kier alpha value is -1.61. The van der Waals surface area contributed by atoms with Crippen LogP contribution in [0, 0.1) is 5.92 Å². The van der Waals surface area contributed by atoms with Crippen LogP contribution in [-0.4, -0.2) is 11.0 Å². The summed E-state index contributed by atoms with van der Waals surface area (Å²) in [5.74, 6) is 0.701. The minimum Gasteiger partial charge on any atom is -0.322 e. The van der Waals surface area contributed by atoms with E-state index in [4.69, 9.17) is 0 Å². The van der Waals surface area contributed by atoms with Gasteiger partial charge in [0.1, 0.15) is 0 Å². The molecule has 0 spiro atoms. The molecule has 1 aromatic carbocycles. The fourth-order valence-corrected chi connectivity index (χ4v) is 3.36. The highest BCUT2D eigenvalue weighted by atomic mass is 16.1. The van der Waals surface area contributed by atoms with Gasteiger partial charge in [-0.3, -0.25) is 4.79 Å². The number of para-hydroxylation sites is 1. The Labute approximate surface area is 125 Å². The van der Waals surface area contributed by atoms with Crippen molar-refractivity contribution in [2.75, 3.05) is 0 Å². The van der Waals surface area contributed by atoms with Crippen LogP contribution < -0.4 is 10.9 Å². The molecule has 2 aromatic rings. The van der Waals surface area contributed by atoms with Gasteiger partial charge in [-0.05, 0) is 36.3 Å². The summed E-state index contributed by atoms with van der Waals surface area (Å²) in [6.07, 6.45) is 6.52. The molecule has 0 radical (unpaired) electrons. The van der Waals surface area contributed by atoms with Crippen molar-refractivity contribution in [3.05, 3.63) is 46.2 Å². The van der Waals surface area contributed by atoms with Crippen molar-refractivity contribution in [1.82, 2.24) is 10.3 Å². The number of pyridine rings is 1. The molecule has 112 valence electrons. The zero-order valence-electron chi connectivity index (χ0n) is 12.7. The molecule has 1 saturated carbocycles. The highest BCUT2D eigenvalue weighted by Crippen LogP contribution is 2.23. The summed E-state index contributed by atoms with van der Waals surface area (Å²) >= 11 is 0. The van der Waals surface area contributed by atoms with Gasteiger partial charge in [0, 0.05) is 23.7 Å². The minimum absolute atomic E-state index is 0.0301. The quantitative estimate of drug-likeness (QED) is 0.846. The van der Waals surface area contributed by atoms with Crippen molar-refractivity contribution in [3.8, 4) is 0 Å². The van der Waals surface area contributed by atoms with Gasteiger partial charge in [0.2, 0.25) is 0 Å². The summed E-state index contributed by atoms with van der Waals surface area (Å²) in [5.41, 5.74) is 1.78. The zero-order valence-corrected chi connectivity index (χ0v) is 12.7. The Morgan fingerprint density at radius 2 is 2.00 bits per heavy atom. The van der Waals surface area contributed by atoms with E-state index in [2.05, 4.69) is 17.2 Å². The lowest BCUT2D eigenvalue weighted by Crippen LogP contribution is -2.35. The Morgan fingerprint density at radius 1 is 1.19 bits per heavy atom. The number of benzene rings is 1. The maximum Gasteiger partial charge on any atom is 0.252 e. The Balaban J connectivity index is 1.75. The first-order valence-electron chi connectivity index (χ1n) is 8.08. The monoisotopic (exact) mass is 284 g/mol. The Bertz CT molecular complexity index is 662. The highest BCUT2D eigenvalue weighted by Gasteiger charge is 2.19. The van der Waals surface area contributed by atoms with E-state index in [1.165, 1.54) is 32.1 Å². The molecule has 1 aromatic heterocycles. The third kappa shape index (κ3) is 3.35. The predicted molar refractivity (Wildman–Crippen MR) is 87.4 cm³/mol. The smallest absolute Gasteiger partial charge is 0.252 e. The Kier molecular flexibility index (Phi) is 4.39. The third-order valence-corrected chi connectivity index (χ3v) is 4.75. The summed E-state index contributed by atoms with van der Waals surface area (Å²) in [7, 11) is 0. The SMILES string of the molecule is CC1CCCCCC1NCc1cc2ccccc2[nH]c1=O. The van der Waals surface area contributed by atoms with Gasteiger partial charge in [-0.2, -0.15) is 0 Å². The van der Waals surface area contributed by atoms with E-state index in [-0.39, 0.29) is 5.56 Å². The second-order valence-corrected chi connectivity index (χ2v) is 6.31. The van der Waals surface area contributed by atoms with Gasteiger partial charge in [0.05, 0.1) is 0 Å². The van der Waals surface area contributed by atoms with Crippen LogP contribution in [0.4, 0.5) is 0 Å². The molecule has 2 atom stereocenters. The molecule has 2 N–H and O–H groups in total. The number of fused-ring (bicyclic) bond motifs is 1. The van der Waals surface area contributed by atoms with Crippen LogP contribution in [-0.2, 0) is 6.54 Å². The second kappa shape index (κ2) is 6.44. The van der Waals surface area contributed by atoms with Crippen LogP contribution in [0.2, 0.25) is 0 Å². The maximum atomic E-state index is 12.2. The van der Waals surface area contributed by atoms with Gasteiger partial charge in [-0.25, -0.2) is 0 Å². The average Bonchev–Trinajstić information content (AvgIpc) is 2.69. The van der Waals surface area contributed by atoms with E-state index in [9.17, 15) is 4.79 Å². The van der Waals surface area contributed by atoms with Gasteiger partial charge in [-0.1, -0.05) is 44.4 Å². The Morgan fingerprint density at radius 3 is 2.90 bits per heavy atom. The molecule has 0 bridgehead atoms. The van der Waals surface area contributed by atoms with Crippen LogP contribution in [0.25, 0.3) is 10.9 Å². The van der Waals surface area contributed by atoms with Gasteiger partial charge in [-0.15, -0.1) is 0 Å². The number of aromatic nitrogens is 1. The molecule has 3 heteroatoms. The molecule has 21 heavy (non-hydrogen) atoms. The first kappa shape index (κ1) is 14.3. The highest BCUT2D eigenvalue weighted by molar-refractivity contribution is 5.78. The van der Waals surface area contributed by atoms with Crippen LogP contribution in [0.5, 0.6) is 0 Å². The molecule has 1 aliphatic carbocycles. The molecule has 0 saturated heterocycles. The predicted octanol–water partition coefficient (Wildman–Crippen LogP) is 3.59. The second-order valence-electron chi connectivity index (χ2n) is 6.31. The van der Waals surface area contributed by atoms with E-state index >= 15 is 0 Å². The number of H-pyrrole nitrogens is 1. The molecule has 1 heterocycles. The molecule has 2 unspecified atom stereocenters. The van der Waals surface area contributed by atoms with Crippen LogP contribution in [0.15, 0.2) is 35.1 Å². The summed E-state index contributed by atoms with van der Waals surface area (Å²) in [4.78, 5) is 15.1. The third-order valence-electron chi connectivity index (χ3n) is 4.75. The van der Waals surface area contributed by atoms with E-state index in [0.717, 1.165) is 16.5 Å². The summed E-state index contributed by atoms with van der Waals surface area (Å²) < 4.78 is 0. The summed E-state index contributed by atoms with van der Waals surface area (Å²) in [5, 5.41) is 4.71. The lowest BCUT2D eigenvalue weighted by Gasteiger charge is -2.22. The standard InChI is InChI=1S/C18H24N2O/c1-13-7-3-2-4-9-16(13)19-12-15-11-14-8-5-6-10-17(14)20-18(15)21/h5-6,8,10-11,13,16,19H,2-4,7,9,12H2,1H3,(H,20,21). The van der Waals surface area contributed by atoms with Gasteiger partial charge >= 0.3 is 0 Å². The normalized spacial score (nSPS) is 23.1. The van der Waals surface area contributed by atoms with Crippen molar-refractivity contribution in [3.63, 3.8) is 0 Å². The van der Waals surface area contributed by atoms with Crippen LogP contribution in [0.3, 0.4) is 0 Å². The molecule has 1 aliphatic rings. The first-order valence-corrected chi connectivity index (χ1v) is 8.08. The number of rotatable bonds is 3. The lowest BCUT2D eigenvalue weighted by atomic mass is 9.97.